The summed E-state index contributed by atoms with van der Waals surface area (Å²) in [6, 6.07) is 12.1. The predicted molar refractivity (Wildman–Crippen MR) is 81.2 cm³/mol. The first-order valence-corrected chi connectivity index (χ1v) is 6.49. The Balaban J connectivity index is 2.36. The van der Waals surface area contributed by atoms with Gasteiger partial charge in [-0.05, 0) is 36.4 Å². The molecule has 0 aliphatic rings. The van der Waals surface area contributed by atoms with Crippen LogP contribution in [0.25, 0.3) is 6.08 Å². The van der Waals surface area contributed by atoms with Crippen molar-refractivity contribution in [1.82, 2.24) is 0 Å². The van der Waals surface area contributed by atoms with Gasteiger partial charge in [0.2, 0.25) is 0 Å². The van der Waals surface area contributed by atoms with Gasteiger partial charge in [0.1, 0.15) is 17.2 Å². The number of rotatable bonds is 5. The highest BCUT2D eigenvalue weighted by Gasteiger charge is 2.06. The molecule has 108 valence electrons. The van der Waals surface area contributed by atoms with Crippen LogP contribution in [-0.4, -0.2) is 18.2 Å². The van der Waals surface area contributed by atoms with Gasteiger partial charge in [0, 0.05) is 22.7 Å². The van der Waals surface area contributed by atoms with Crippen LogP contribution in [0, 0.1) is 0 Å². The molecule has 0 saturated carbocycles. The zero-order chi connectivity index (χ0) is 15.2. The van der Waals surface area contributed by atoms with Gasteiger partial charge in [-0.15, -0.1) is 0 Å². The van der Waals surface area contributed by atoms with Crippen LogP contribution >= 0.6 is 11.6 Å². The summed E-state index contributed by atoms with van der Waals surface area (Å²) < 4.78 is 10.9. The predicted octanol–water partition coefficient (Wildman–Crippen LogP) is 4.24. The summed E-state index contributed by atoms with van der Waals surface area (Å²) in [5.74, 6) is 0.619. The number of ether oxygens (including phenoxy) is 2. The molecule has 0 amide bonds. The van der Waals surface area contributed by atoms with Gasteiger partial charge >= 0.3 is 5.97 Å². The van der Waals surface area contributed by atoms with E-state index in [1.807, 2.05) is 0 Å². The molecule has 0 aromatic heterocycles. The third-order valence-corrected chi connectivity index (χ3v) is 2.89. The van der Waals surface area contributed by atoms with Gasteiger partial charge in [-0.25, -0.2) is 4.79 Å². The molecule has 0 aliphatic heterocycles. The molecular weight excluding hydrogens is 292 g/mol. The van der Waals surface area contributed by atoms with Crippen molar-refractivity contribution < 1.29 is 19.4 Å². The topological polar surface area (TPSA) is 55.8 Å². The van der Waals surface area contributed by atoms with E-state index in [2.05, 4.69) is 0 Å². The number of carbonyl (C=O) groups is 1. The monoisotopic (exact) mass is 304 g/mol. The van der Waals surface area contributed by atoms with Crippen LogP contribution in [0.15, 0.2) is 48.5 Å². The van der Waals surface area contributed by atoms with Crippen LogP contribution in [-0.2, 0) is 4.79 Å². The van der Waals surface area contributed by atoms with Crippen molar-refractivity contribution in [2.24, 2.45) is 0 Å². The van der Waals surface area contributed by atoms with E-state index in [-0.39, 0.29) is 0 Å². The first-order chi connectivity index (χ1) is 10.1. The molecule has 21 heavy (non-hydrogen) atoms. The summed E-state index contributed by atoms with van der Waals surface area (Å²) in [6.07, 6.45) is 2.51. The van der Waals surface area contributed by atoms with Crippen molar-refractivity contribution in [3.05, 3.63) is 59.1 Å². The summed E-state index contributed by atoms with van der Waals surface area (Å²) >= 11 is 5.92. The zero-order valence-corrected chi connectivity index (χ0v) is 12.0. The van der Waals surface area contributed by atoms with Gasteiger partial charge in [-0.2, -0.15) is 0 Å². The highest BCUT2D eigenvalue weighted by molar-refractivity contribution is 6.30. The van der Waals surface area contributed by atoms with E-state index in [1.54, 1.807) is 49.6 Å². The number of hydrogen-bond donors (Lipinski definition) is 1. The standard InChI is InChI=1S/C16H13ClO4/c1-20-13-7-5-11(6-8-16(18)19)15(10-13)21-14-4-2-3-12(17)9-14/h2-10H,1H3,(H,18,19)/b8-6+. The first-order valence-electron chi connectivity index (χ1n) is 6.11. The molecule has 0 saturated heterocycles. The van der Waals surface area contributed by atoms with Gasteiger partial charge in [0.15, 0.2) is 0 Å². The van der Waals surface area contributed by atoms with Crippen molar-refractivity contribution in [3.63, 3.8) is 0 Å². The second-order valence-corrected chi connectivity index (χ2v) is 4.57. The number of benzene rings is 2. The Labute approximate surface area is 127 Å². The molecule has 0 aliphatic carbocycles. The van der Waals surface area contributed by atoms with Crippen LogP contribution in [0.3, 0.4) is 0 Å². The lowest BCUT2D eigenvalue weighted by atomic mass is 10.1. The Bertz CT molecular complexity index is 680. The van der Waals surface area contributed by atoms with E-state index in [0.29, 0.717) is 27.8 Å². The molecule has 5 heteroatoms. The van der Waals surface area contributed by atoms with E-state index >= 15 is 0 Å². The minimum Gasteiger partial charge on any atom is -0.497 e. The largest absolute Gasteiger partial charge is 0.497 e. The zero-order valence-electron chi connectivity index (χ0n) is 11.2. The molecule has 2 rings (SSSR count). The van der Waals surface area contributed by atoms with E-state index in [9.17, 15) is 4.79 Å². The molecule has 0 radical (unpaired) electrons. The Kier molecular flexibility index (Phi) is 4.85. The van der Waals surface area contributed by atoms with Gasteiger partial charge in [-0.1, -0.05) is 17.7 Å². The summed E-state index contributed by atoms with van der Waals surface area (Å²) in [5.41, 5.74) is 0.623. The van der Waals surface area contributed by atoms with Crippen LogP contribution < -0.4 is 9.47 Å². The van der Waals surface area contributed by atoms with Crippen molar-refractivity contribution in [2.75, 3.05) is 7.11 Å². The SMILES string of the molecule is COc1ccc(/C=C/C(=O)O)c(Oc2cccc(Cl)c2)c1. The van der Waals surface area contributed by atoms with Gasteiger partial charge < -0.3 is 14.6 Å². The van der Waals surface area contributed by atoms with Crippen LogP contribution in [0.1, 0.15) is 5.56 Å². The van der Waals surface area contributed by atoms with Gasteiger partial charge in [0.05, 0.1) is 7.11 Å². The van der Waals surface area contributed by atoms with Crippen molar-refractivity contribution in [3.8, 4) is 17.2 Å². The minimum absolute atomic E-state index is 0.481. The lowest BCUT2D eigenvalue weighted by Gasteiger charge is -2.11. The number of aliphatic carboxylic acids is 1. The Morgan fingerprint density at radius 3 is 2.67 bits per heavy atom. The third kappa shape index (κ3) is 4.26. The number of carboxylic acid groups (broad SMARTS) is 1. The quantitative estimate of drug-likeness (QED) is 0.839. The number of hydrogen-bond acceptors (Lipinski definition) is 3. The summed E-state index contributed by atoms with van der Waals surface area (Å²) in [7, 11) is 1.55. The van der Waals surface area contributed by atoms with E-state index < -0.39 is 5.97 Å². The molecule has 0 unspecified atom stereocenters. The molecule has 0 atom stereocenters. The average molecular weight is 305 g/mol. The van der Waals surface area contributed by atoms with Crippen LogP contribution in [0.5, 0.6) is 17.2 Å². The molecular formula is C16H13ClO4. The van der Waals surface area contributed by atoms with E-state index in [1.165, 1.54) is 6.08 Å². The first kappa shape index (κ1) is 14.9. The molecule has 1 N–H and O–H groups in total. The fraction of sp³-hybridized carbons (Fsp3) is 0.0625. The lowest BCUT2D eigenvalue weighted by Crippen LogP contribution is -1.91. The summed E-state index contributed by atoms with van der Waals surface area (Å²) in [4.78, 5) is 10.6. The number of halogens is 1. The maximum absolute atomic E-state index is 10.6. The van der Waals surface area contributed by atoms with E-state index in [0.717, 1.165) is 6.08 Å². The highest BCUT2D eigenvalue weighted by Crippen LogP contribution is 2.31. The Morgan fingerprint density at radius 2 is 2.00 bits per heavy atom. The average Bonchev–Trinajstić information content (AvgIpc) is 2.45. The second-order valence-electron chi connectivity index (χ2n) is 4.13. The van der Waals surface area contributed by atoms with Crippen LogP contribution in [0.4, 0.5) is 0 Å². The molecule has 0 fully saturated rings. The molecule has 0 spiro atoms. The normalized spacial score (nSPS) is 10.6. The minimum atomic E-state index is -1.03. The van der Waals surface area contributed by atoms with Crippen molar-refractivity contribution in [2.45, 2.75) is 0 Å². The third-order valence-electron chi connectivity index (χ3n) is 2.65. The maximum atomic E-state index is 10.6. The maximum Gasteiger partial charge on any atom is 0.328 e. The van der Waals surface area contributed by atoms with Crippen molar-refractivity contribution in [1.29, 1.82) is 0 Å². The Morgan fingerprint density at radius 1 is 1.19 bits per heavy atom. The van der Waals surface area contributed by atoms with Crippen molar-refractivity contribution >= 4 is 23.6 Å². The van der Waals surface area contributed by atoms with Gasteiger partial charge in [-0.3, -0.25) is 0 Å². The smallest absolute Gasteiger partial charge is 0.328 e. The molecule has 0 heterocycles. The number of carboxylic acids is 1. The summed E-state index contributed by atoms with van der Waals surface area (Å²) in [5, 5.41) is 9.28. The number of methoxy groups -OCH3 is 1. The highest BCUT2D eigenvalue weighted by atomic mass is 35.5. The molecule has 2 aromatic carbocycles. The fourth-order valence-electron chi connectivity index (χ4n) is 1.69. The molecule has 4 nitrogen and oxygen atoms in total. The van der Waals surface area contributed by atoms with E-state index in [4.69, 9.17) is 26.2 Å². The summed E-state index contributed by atoms with van der Waals surface area (Å²) in [6.45, 7) is 0. The second kappa shape index (κ2) is 6.81. The van der Waals surface area contributed by atoms with Gasteiger partial charge in [0.25, 0.3) is 0 Å². The molecule has 0 bridgehead atoms. The molecule has 2 aromatic rings. The van der Waals surface area contributed by atoms with Crippen LogP contribution in [0.2, 0.25) is 5.02 Å². The Hall–Kier alpha value is -2.46. The lowest BCUT2D eigenvalue weighted by molar-refractivity contribution is -0.131. The fourth-order valence-corrected chi connectivity index (χ4v) is 1.87.